The van der Waals surface area contributed by atoms with Crippen molar-refractivity contribution in [1.82, 2.24) is 9.38 Å². The molecule has 0 radical (unpaired) electrons. The summed E-state index contributed by atoms with van der Waals surface area (Å²) < 4.78 is 13.8. The Morgan fingerprint density at radius 2 is 1.95 bits per heavy atom. The first-order valence-corrected chi connectivity index (χ1v) is 7.58. The lowest BCUT2D eigenvalue weighted by Crippen LogP contribution is -2.15. The average Bonchev–Trinajstić information content (AvgIpc) is 2.92. The molecule has 1 aromatic carbocycles. The van der Waals surface area contributed by atoms with Gasteiger partial charge in [-0.2, -0.15) is 0 Å². The number of aromatic nitrogens is 2. The van der Waals surface area contributed by atoms with Crippen LogP contribution in [-0.2, 0) is 0 Å². The summed E-state index contributed by atoms with van der Waals surface area (Å²) in [6.07, 6.45) is 2.65. The van der Waals surface area contributed by atoms with Crippen molar-refractivity contribution in [2.45, 2.75) is 0 Å². The van der Waals surface area contributed by atoms with Crippen LogP contribution in [0.1, 0.15) is 10.5 Å². The number of hydrogen-bond acceptors (Lipinski definition) is 4. The van der Waals surface area contributed by atoms with Gasteiger partial charge in [0.05, 0.1) is 0 Å². The molecule has 22 heavy (non-hydrogen) atoms. The van der Waals surface area contributed by atoms with E-state index in [2.05, 4.69) is 20.9 Å². The monoisotopic (exact) mass is 358 g/mol. The first-order chi connectivity index (χ1) is 10.8. The Bertz CT molecular complexity index is 888. The van der Waals surface area contributed by atoms with E-state index in [4.69, 9.17) is 9.47 Å². The molecule has 1 aliphatic heterocycles. The summed E-state index contributed by atoms with van der Waals surface area (Å²) in [5.41, 5.74) is 2.68. The normalized spacial score (nSPS) is 13.3. The molecular formula is C16H11BrN2O3. The largest absolute Gasteiger partial charge is 0.486 e. The summed E-state index contributed by atoms with van der Waals surface area (Å²) >= 11 is 3.41. The molecule has 4 rings (SSSR count). The Hall–Kier alpha value is -2.34. The smallest absolute Gasteiger partial charge is 0.169 e. The second-order valence-electron chi connectivity index (χ2n) is 4.90. The maximum atomic E-state index is 11.5. The number of rotatable bonds is 2. The Morgan fingerprint density at radius 3 is 2.77 bits per heavy atom. The van der Waals surface area contributed by atoms with Crippen LogP contribution in [0.5, 0.6) is 11.5 Å². The van der Waals surface area contributed by atoms with Gasteiger partial charge in [0.1, 0.15) is 30.2 Å². The van der Waals surface area contributed by atoms with Crippen LogP contribution < -0.4 is 9.47 Å². The average molecular weight is 359 g/mol. The molecule has 1 aliphatic rings. The van der Waals surface area contributed by atoms with Crippen LogP contribution in [-0.4, -0.2) is 28.9 Å². The van der Waals surface area contributed by atoms with E-state index in [0.29, 0.717) is 36.1 Å². The number of fused-ring (bicyclic) bond motifs is 2. The maximum absolute atomic E-state index is 11.5. The van der Waals surface area contributed by atoms with Gasteiger partial charge in [-0.05, 0) is 46.3 Å². The summed E-state index contributed by atoms with van der Waals surface area (Å²) in [6.45, 7) is 1.07. The van der Waals surface area contributed by atoms with Gasteiger partial charge in [0.25, 0.3) is 0 Å². The minimum absolute atomic E-state index is 0.507. The van der Waals surface area contributed by atoms with Crippen LogP contribution in [0.15, 0.2) is 41.0 Å². The second-order valence-corrected chi connectivity index (χ2v) is 5.81. The Labute approximate surface area is 134 Å². The molecule has 3 aromatic rings. The van der Waals surface area contributed by atoms with Gasteiger partial charge in [0.15, 0.2) is 17.8 Å². The highest BCUT2D eigenvalue weighted by Crippen LogP contribution is 2.35. The van der Waals surface area contributed by atoms with Crippen molar-refractivity contribution in [2.75, 3.05) is 13.2 Å². The van der Waals surface area contributed by atoms with Gasteiger partial charge in [-0.25, -0.2) is 4.98 Å². The summed E-state index contributed by atoms with van der Waals surface area (Å²) in [5, 5.41) is 0. The standard InChI is InChI=1S/C16H11BrN2O3/c17-11-2-4-15-18-16(12(9-20)19(15)8-11)10-1-3-13-14(7-10)22-6-5-21-13/h1-4,7-9H,5-6H2. The second kappa shape index (κ2) is 5.14. The highest BCUT2D eigenvalue weighted by atomic mass is 79.9. The predicted octanol–water partition coefficient (Wildman–Crippen LogP) is 3.35. The van der Waals surface area contributed by atoms with Crippen LogP contribution >= 0.6 is 15.9 Å². The quantitative estimate of drug-likeness (QED) is 0.659. The molecule has 2 aromatic heterocycles. The number of pyridine rings is 1. The van der Waals surface area contributed by atoms with Crippen LogP contribution in [0.2, 0.25) is 0 Å². The molecule has 5 nitrogen and oxygen atoms in total. The number of ether oxygens (including phenoxy) is 2. The van der Waals surface area contributed by atoms with Crippen LogP contribution in [0, 0.1) is 0 Å². The van der Waals surface area contributed by atoms with Crippen molar-refractivity contribution in [3.63, 3.8) is 0 Å². The number of aldehydes is 1. The minimum Gasteiger partial charge on any atom is -0.486 e. The third kappa shape index (κ3) is 2.07. The number of halogens is 1. The van der Waals surface area contributed by atoms with Crippen molar-refractivity contribution >= 4 is 27.9 Å². The molecule has 0 aliphatic carbocycles. The highest BCUT2D eigenvalue weighted by molar-refractivity contribution is 9.10. The summed E-state index contributed by atoms with van der Waals surface area (Å²) in [7, 11) is 0. The van der Waals surface area contributed by atoms with E-state index >= 15 is 0 Å². The van der Waals surface area contributed by atoms with Crippen LogP contribution in [0.4, 0.5) is 0 Å². The minimum atomic E-state index is 0.507. The van der Waals surface area contributed by atoms with Gasteiger partial charge >= 0.3 is 0 Å². The lowest BCUT2D eigenvalue weighted by Gasteiger charge is -2.18. The highest BCUT2D eigenvalue weighted by Gasteiger charge is 2.17. The first kappa shape index (κ1) is 13.3. The zero-order valence-corrected chi connectivity index (χ0v) is 13.0. The summed E-state index contributed by atoms with van der Waals surface area (Å²) in [6, 6.07) is 9.34. The molecule has 0 amide bonds. The van der Waals surface area contributed by atoms with Gasteiger partial charge in [-0.3, -0.25) is 9.20 Å². The molecule has 110 valence electrons. The van der Waals surface area contributed by atoms with E-state index < -0.39 is 0 Å². The Kier molecular flexibility index (Phi) is 3.11. The Balaban J connectivity index is 1.92. The van der Waals surface area contributed by atoms with Crippen molar-refractivity contribution < 1.29 is 14.3 Å². The van der Waals surface area contributed by atoms with Crippen LogP contribution in [0.3, 0.4) is 0 Å². The first-order valence-electron chi connectivity index (χ1n) is 6.79. The lowest BCUT2D eigenvalue weighted by molar-refractivity contribution is 0.111. The number of imidazole rings is 1. The number of nitrogens with zero attached hydrogens (tertiary/aromatic N) is 2. The molecule has 0 bridgehead atoms. The SMILES string of the molecule is O=Cc1c(-c2ccc3c(c2)OCCO3)nc2ccc(Br)cn12. The van der Waals surface area contributed by atoms with Gasteiger partial charge in [-0.1, -0.05) is 0 Å². The van der Waals surface area contributed by atoms with E-state index in [1.165, 1.54) is 0 Å². The molecule has 0 fully saturated rings. The third-order valence-electron chi connectivity index (χ3n) is 3.55. The zero-order valence-electron chi connectivity index (χ0n) is 11.5. The maximum Gasteiger partial charge on any atom is 0.169 e. The third-order valence-corrected chi connectivity index (χ3v) is 4.02. The number of benzene rings is 1. The van der Waals surface area contributed by atoms with E-state index in [-0.39, 0.29) is 0 Å². The van der Waals surface area contributed by atoms with Gasteiger partial charge in [0.2, 0.25) is 0 Å². The molecule has 0 unspecified atom stereocenters. The van der Waals surface area contributed by atoms with E-state index in [1.54, 1.807) is 4.40 Å². The van der Waals surface area contributed by atoms with E-state index in [0.717, 1.165) is 22.0 Å². The predicted molar refractivity (Wildman–Crippen MR) is 84.7 cm³/mol. The topological polar surface area (TPSA) is 52.8 Å². The fraction of sp³-hybridized carbons (Fsp3) is 0.125. The molecular weight excluding hydrogens is 348 g/mol. The molecule has 0 spiro atoms. The van der Waals surface area contributed by atoms with E-state index in [1.807, 2.05) is 36.5 Å². The number of carbonyl (C=O) groups excluding carboxylic acids is 1. The fourth-order valence-electron chi connectivity index (χ4n) is 2.55. The van der Waals surface area contributed by atoms with Crippen molar-refractivity contribution in [3.8, 4) is 22.8 Å². The Morgan fingerprint density at radius 1 is 1.14 bits per heavy atom. The van der Waals surface area contributed by atoms with E-state index in [9.17, 15) is 4.79 Å². The number of carbonyl (C=O) groups is 1. The van der Waals surface area contributed by atoms with Gasteiger partial charge in [-0.15, -0.1) is 0 Å². The number of hydrogen-bond donors (Lipinski definition) is 0. The van der Waals surface area contributed by atoms with Crippen molar-refractivity contribution in [2.24, 2.45) is 0 Å². The fourth-order valence-corrected chi connectivity index (χ4v) is 2.89. The van der Waals surface area contributed by atoms with Gasteiger partial charge in [0, 0.05) is 16.2 Å². The zero-order chi connectivity index (χ0) is 15.1. The summed E-state index contributed by atoms with van der Waals surface area (Å²) in [4.78, 5) is 16.1. The molecule has 0 saturated heterocycles. The molecule has 6 heteroatoms. The molecule has 0 saturated carbocycles. The molecule has 3 heterocycles. The van der Waals surface area contributed by atoms with Crippen LogP contribution in [0.25, 0.3) is 16.9 Å². The molecule has 0 N–H and O–H groups in total. The van der Waals surface area contributed by atoms with Gasteiger partial charge < -0.3 is 9.47 Å². The van der Waals surface area contributed by atoms with Crippen molar-refractivity contribution in [3.05, 3.63) is 46.7 Å². The molecule has 0 atom stereocenters. The summed E-state index contributed by atoms with van der Waals surface area (Å²) in [5.74, 6) is 1.40. The van der Waals surface area contributed by atoms with Crippen molar-refractivity contribution in [1.29, 1.82) is 0 Å². The lowest BCUT2D eigenvalue weighted by atomic mass is 10.1.